The maximum atomic E-state index is 8.62. The first-order chi connectivity index (χ1) is 5.24. The molecule has 0 spiro atoms. The number of nitrogen functional groups attached to an aromatic ring is 1. The van der Waals surface area contributed by atoms with Gasteiger partial charge in [0, 0.05) is 17.3 Å². The van der Waals surface area contributed by atoms with E-state index in [1.54, 1.807) is 12.1 Å². The molecule has 0 radical (unpaired) electrons. The van der Waals surface area contributed by atoms with Gasteiger partial charge in [-0.05, 0) is 24.1 Å². The molecule has 0 atom stereocenters. The third kappa shape index (κ3) is 2.89. The van der Waals surface area contributed by atoms with E-state index in [4.69, 9.17) is 22.4 Å². The number of rotatable bonds is 2. The molecule has 0 fully saturated rings. The normalized spacial score (nSPS) is 9.17. The van der Waals surface area contributed by atoms with Crippen LogP contribution in [0.5, 0.6) is 0 Å². The van der Waals surface area contributed by atoms with Crippen LogP contribution in [0.15, 0.2) is 18.2 Å². The van der Waals surface area contributed by atoms with E-state index in [2.05, 4.69) is 0 Å². The average molecular weight is 208 g/mol. The summed E-state index contributed by atoms with van der Waals surface area (Å²) >= 11 is 5.67. The number of hydrogen-bond acceptors (Lipinski definition) is 2. The van der Waals surface area contributed by atoms with Gasteiger partial charge in [-0.2, -0.15) is 0 Å². The zero-order valence-corrected chi connectivity index (χ0v) is 8.03. The van der Waals surface area contributed by atoms with Gasteiger partial charge >= 0.3 is 0 Å². The van der Waals surface area contributed by atoms with Crippen LogP contribution < -0.4 is 5.73 Å². The Morgan fingerprint density at radius 3 is 2.58 bits per heavy atom. The van der Waals surface area contributed by atoms with Crippen LogP contribution in [-0.4, -0.2) is 11.7 Å². The quantitative estimate of drug-likeness (QED) is 0.729. The van der Waals surface area contributed by atoms with Gasteiger partial charge in [0.05, 0.1) is 0 Å². The third-order valence-electron chi connectivity index (χ3n) is 1.49. The molecule has 0 bridgehead atoms. The molecular weight excluding hydrogens is 197 g/mol. The minimum Gasteiger partial charge on any atom is -0.398 e. The number of anilines is 1. The average Bonchev–Trinajstić information content (AvgIpc) is 1.95. The van der Waals surface area contributed by atoms with Crippen molar-refractivity contribution in [1.82, 2.24) is 0 Å². The van der Waals surface area contributed by atoms with Gasteiger partial charge in [0.2, 0.25) is 0 Å². The molecule has 12 heavy (non-hydrogen) atoms. The van der Waals surface area contributed by atoms with Gasteiger partial charge in [-0.3, -0.25) is 0 Å². The Morgan fingerprint density at radius 2 is 2.08 bits per heavy atom. The first kappa shape index (κ1) is 11.6. The lowest BCUT2D eigenvalue weighted by molar-refractivity contribution is 0.300. The lowest BCUT2D eigenvalue weighted by Gasteiger charge is -2.02. The highest BCUT2D eigenvalue weighted by atomic mass is 35.5. The van der Waals surface area contributed by atoms with Crippen molar-refractivity contribution in [1.29, 1.82) is 0 Å². The molecule has 0 heterocycles. The van der Waals surface area contributed by atoms with Gasteiger partial charge in [0.15, 0.2) is 0 Å². The highest BCUT2D eigenvalue weighted by molar-refractivity contribution is 6.30. The number of nitrogens with two attached hydrogens (primary N) is 1. The summed E-state index contributed by atoms with van der Waals surface area (Å²) in [5, 5.41) is 9.25. The highest BCUT2D eigenvalue weighted by Gasteiger charge is 1.97. The van der Waals surface area contributed by atoms with Gasteiger partial charge < -0.3 is 10.8 Å². The van der Waals surface area contributed by atoms with Crippen LogP contribution in [0.3, 0.4) is 0 Å². The number of hydrogen-bond donors (Lipinski definition) is 2. The van der Waals surface area contributed by atoms with Crippen LogP contribution in [0.2, 0.25) is 5.02 Å². The molecule has 1 aromatic rings. The van der Waals surface area contributed by atoms with Crippen molar-refractivity contribution in [2.45, 2.75) is 6.42 Å². The van der Waals surface area contributed by atoms with E-state index in [1.807, 2.05) is 6.07 Å². The zero-order chi connectivity index (χ0) is 8.27. The molecule has 0 aliphatic rings. The van der Waals surface area contributed by atoms with Crippen LogP contribution in [0.25, 0.3) is 0 Å². The fourth-order valence-electron chi connectivity index (χ4n) is 0.914. The Hall–Kier alpha value is -0.440. The van der Waals surface area contributed by atoms with E-state index in [0.717, 1.165) is 5.56 Å². The van der Waals surface area contributed by atoms with Crippen molar-refractivity contribution in [2.75, 3.05) is 12.3 Å². The van der Waals surface area contributed by atoms with Gasteiger partial charge in [-0.15, -0.1) is 12.4 Å². The van der Waals surface area contributed by atoms with E-state index in [9.17, 15) is 0 Å². The Bertz CT molecular complexity index is 253. The Labute approximate surface area is 82.8 Å². The third-order valence-corrected chi connectivity index (χ3v) is 1.72. The summed E-state index contributed by atoms with van der Waals surface area (Å²) in [6, 6.07) is 5.28. The molecule has 4 heteroatoms. The summed E-state index contributed by atoms with van der Waals surface area (Å²) in [6.45, 7) is 0.117. The van der Waals surface area contributed by atoms with Crippen molar-refractivity contribution in [3.63, 3.8) is 0 Å². The van der Waals surface area contributed by atoms with Crippen molar-refractivity contribution in [2.24, 2.45) is 0 Å². The van der Waals surface area contributed by atoms with E-state index in [0.29, 0.717) is 17.1 Å². The van der Waals surface area contributed by atoms with E-state index in [1.165, 1.54) is 0 Å². The molecule has 1 rings (SSSR count). The van der Waals surface area contributed by atoms with Crippen molar-refractivity contribution in [3.05, 3.63) is 28.8 Å². The second-order valence-corrected chi connectivity index (χ2v) is 2.75. The lowest BCUT2D eigenvalue weighted by Crippen LogP contribution is -1.96. The number of halogens is 2. The summed E-state index contributed by atoms with van der Waals surface area (Å²) in [5.74, 6) is 0. The van der Waals surface area contributed by atoms with Crippen LogP contribution in [0.4, 0.5) is 5.69 Å². The van der Waals surface area contributed by atoms with Crippen LogP contribution in [0, 0.1) is 0 Å². The maximum Gasteiger partial charge on any atom is 0.0472 e. The number of aliphatic hydroxyl groups excluding tert-OH is 1. The second kappa shape index (κ2) is 5.25. The first-order valence-corrected chi connectivity index (χ1v) is 3.76. The summed E-state index contributed by atoms with van der Waals surface area (Å²) in [4.78, 5) is 0. The Balaban J connectivity index is 0.00000121. The lowest BCUT2D eigenvalue weighted by atomic mass is 10.1. The van der Waals surface area contributed by atoms with Crippen molar-refractivity contribution >= 4 is 29.7 Å². The van der Waals surface area contributed by atoms with E-state index in [-0.39, 0.29) is 19.0 Å². The van der Waals surface area contributed by atoms with Gasteiger partial charge in [0.25, 0.3) is 0 Å². The van der Waals surface area contributed by atoms with Gasteiger partial charge in [0.1, 0.15) is 0 Å². The predicted molar refractivity (Wildman–Crippen MR) is 53.9 cm³/mol. The van der Waals surface area contributed by atoms with Crippen LogP contribution >= 0.6 is 24.0 Å². The maximum absolute atomic E-state index is 8.62. The molecular formula is C8H11Cl2NO. The molecule has 0 unspecified atom stereocenters. The molecule has 3 N–H and O–H groups in total. The molecule has 0 aliphatic heterocycles. The first-order valence-electron chi connectivity index (χ1n) is 3.39. The smallest absolute Gasteiger partial charge is 0.0472 e. The predicted octanol–water partition coefficient (Wildman–Crippen LogP) is 1.88. The van der Waals surface area contributed by atoms with Crippen LogP contribution in [0.1, 0.15) is 5.56 Å². The van der Waals surface area contributed by atoms with Crippen LogP contribution in [-0.2, 0) is 6.42 Å². The number of benzene rings is 1. The Kier molecular flexibility index (Phi) is 5.06. The van der Waals surface area contributed by atoms with Crippen molar-refractivity contribution in [3.8, 4) is 0 Å². The summed E-state index contributed by atoms with van der Waals surface area (Å²) < 4.78 is 0. The SMILES string of the molecule is Cl.Nc1cc(Cl)ccc1CCO. The molecule has 0 aliphatic carbocycles. The molecule has 0 aromatic heterocycles. The van der Waals surface area contributed by atoms with E-state index >= 15 is 0 Å². The fourth-order valence-corrected chi connectivity index (χ4v) is 1.09. The zero-order valence-electron chi connectivity index (χ0n) is 6.46. The summed E-state index contributed by atoms with van der Waals surface area (Å²) in [5.41, 5.74) is 7.20. The monoisotopic (exact) mass is 207 g/mol. The molecule has 0 amide bonds. The van der Waals surface area contributed by atoms with Gasteiger partial charge in [-0.1, -0.05) is 17.7 Å². The molecule has 2 nitrogen and oxygen atoms in total. The molecule has 68 valence electrons. The highest BCUT2D eigenvalue weighted by Crippen LogP contribution is 2.17. The van der Waals surface area contributed by atoms with Crippen molar-refractivity contribution < 1.29 is 5.11 Å². The summed E-state index contributed by atoms with van der Waals surface area (Å²) in [6.07, 6.45) is 0.586. The molecule has 0 saturated carbocycles. The standard InChI is InChI=1S/C8H10ClNO.ClH/c9-7-2-1-6(3-4-11)8(10)5-7;/h1-2,5,11H,3-4,10H2;1H. The Morgan fingerprint density at radius 1 is 1.42 bits per heavy atom. The molecule has 1 aromatic carbocycles. The minimum absolute atomic E-state index is 0. The van der Waals surface area contributed by atoms with Gasteiger partial charge in [-0.25, -0.2) is 0 Å². The van der Waals surface area contributed by atoms with E-state index < -0.39 is 0 Å². The molecule has 0 saturated heterocycles. The fraction of sp³-hybridized carbons (Fsp3) is 0.250. The minimum atomic E-state index is 0. The second-order valence-electron chi connectivity index (χ2n) is 2.32. The topological polar surface area (TPSA) is 46.2 Å². The summed E-state index contributed by atoms with van der Waals surface area (Å²) in [7, 11) is 0. The number of aliphatic hydroxyl groups is 1. The largest absolute Gasteiger partial charge is 0.398 e.